The van der Waals surface area contributed by atoms with E-state index in [1.165, 1.54) is 6.42 Å². The first-order valence-corrected chi connectivity index (χ1v) is 8.47. The van der Waals surface area contributed by atoms with Crippen molar-refractivity contribution in [1.82, 2.24) is 14.3 Å². The molecule has 2 unspecified atom stereocenters. The molecule has 2 fully saturated rings. The second-order valence-electron chi connectivity index (χ2n) is 7.87. The minimum Gasteiger partial charge on any atom is -0.334 e. The SMILES string of the molecule is CC1(C)CC2CC(C)(CN2C(=O)c2cn3ccsc3n2)C1. The highest BCUT2D eigenvalue weighted by Gasteiger charge is 2.51. The van der Waals surface area contributed by atoms with Crippen LogP contribution in [0.25, 0.3) is 4.96 Å². The average molecular weight is 303 g/mol. The van der Waals surface area contributed by atoms with Gasteiger partial charge in [0.15, 0.2) is 4.96 Å². The third-order valence-electron chi connectivity index (χ3n) is 4.99. The van der Waals surface area contributed by atoms with E-state index < -0.39 is 0 Å². The van der Waals surface area contributed by atoms with Gasteiger partial charge in [-0.2, -0.15) is 0 Å². The number of hydrogen-bond donors (Lipinski definition) is 0. The lowest BCUT2D eigenvalue weighted by Crippen LogP contribution is -2.37. The van der Waals surface area contributed by atoms with Gasteiger partial charge in [0.2, 0.25) is 0 Å². The number of carbonyl (C=O) groups excluding carboxylic acids is 1. The van der Waals surface area contributed by atoms with Crippen molar-refractivity contribution in [2.24, 2.45) is 10.8 Å². The van der Waals surface area contributed by atoms with Gasteiger partial charge in [-0.25, -0.2) is 4.98 Å². The molecule has 4 rings (SSSR count). The first-order chi connectivity index (χ1) is 9.85. The first-order valence-electron chi connectivity index (χ1n) is 7.59. The summed E-state index contributed by atoms with van der Waals surface area (Å²) in [6, 6.07) is 0.381. The Bertz CT molecular complexity index is 688. The number of imidazole rings is 1. The molecular weight excluding hydrogens is 282 g/mol. The number of rotatable bonds is 1. The number of likely N-dealkylation sites (tertiary alicyclic amines) is 1. The van der Waals surface area contributed by atoms with Crippen LogP contribution in [0.1, 0.15) is 50.5 Å². The lowest BCUT2D eigenvalue weighted by Gasteiger charge is -2.39. The van der Waals surface area contributed by atoms with Crippen molar-refractivity contribution in [1.29, 1.82) is 0 Å². The van der Waals surface area contributed by atoms with Gasteiger partial charge in [0.1, 0.15) is 5.69 Å². The molecule has 0 N–H and O–H groups in total. The Morgan fingerprint density at radius 3 is 2.95 bits per heavy atom. The highest BCUT2D eigenvalue weighted by atomic mass is 32.1. The van der Waals surface area contributed by atoms with Gasteiger partial charge in [-0.05, 0) is 30.1 Å². The van der Waals surface area contributed by atoms with E-state index in [-0.39, 0.29) is 11.3 Å². The fraction of sp³-hybridized carbons (Fsp3) is 0.625. The molecule has 1 saturated heterocycles. The fourth-order valence-electron chi connectivity index (χ4n) is 4.67. The third-order valence-corrected chi connectivity index (χ3v) is 5.76. The van der Waals surface area contributed by atoms with E-state index in [4.69, 9.17) is 0 Å². The minimum atomic E-state index is 0.109. The first kappa shape index (κ1) is 13.3. The highest BCUT2D eigenvalue weighted by Crippen LogP contribution is 2.52. The predicted octanol–water partition coefficient (Wildman–Crippen LogP) is 3.44. The average Bonchev–Trinajstić information content (AvgIpc) is 2.97. The van der Waals surface area contributed by atoms with Crippen LogP contribution in [0, 0.1) is 10.8 Å². The number of carbonyl (C=O) groups is 1. The molecule has 2 aromatic rings. The minimum absolute atomic E-state index is 0.109. The molecule has 5 heteroatoms. The Balaban J connectivity index is 1.65. The molecule has 2 aromatic heterocycles. The topological polar surface area (TPSA) is 37.6 Å². The van der Waals surface area contributed by atoms with E-state index in [1.54, 1.807) is 11.3 Å². The van der Waals surface area contributed by atoms with Gasteiger partial charge in [-0.3, -0.25) is 9.20 Å². The molecule has 1 saturated carbocycles. The van der Waals surface area contributed by atoms with E-state index in [2.05, 4.69) is 30.7 Å². The summed E-state index contributed by atoms with van der Waals surface area (Å²) in [6.07, 6.45) is 7.28. The van der Waals surface area contributed by atoms with E-state index in [0.29, 0.717) is 17.2 Å². The maximum absolute atomic E-state index is 12.9. The fourth-order valence-corrected chi connectivity index (χ4v) is 5.38. The van der Waals surface area contributed by atoms with E-state index in [1.807, 2.05) is 22.2 Å². The third kappa shape index (κ3) is 2.09. The van der Waals surface area contributed by atoms with Crippen LogP contribution >= 0.6 is 11.3 Å². The predicted molar refractivity (Wildman–Crippen MR) is 83.6 cm³/mol. The van der Waals surface area contributed by atoms with Crippen molar-refractivity contribution in [2.75, 3.05) is 6.54 Å². The zero-order valence-corrected chi connectivity index (χ0v) is 13.6. The molecular formula is C16H21N3OS. The molecule has 2 bridgehead atoms. The van der Waals surface area contributed by atoms with E-state index >= 15 is 0 Å². The Morgan fingerprint density at radius 2 is 2.19 bits per heavy atom. The van der Waals surface area contributed by atoms with Crippen molar-refractivity contribution in [3.63, 3.8) is 0 Å². The molecule has 112 valence electrons. The summed E-state index contributed by atoms with van der Waals surface area (Å²) in [7, 11) is 0. The summed E-state index contributed by atoms with van der Waals surface area (Å²) < 4.78 is 1.94. The normalized spacial score (nSPS) is 31.0. The largest absolute Gasteiger partial charge is 0.334 e. The van der Waals surface area contributed by atoms with Crippen LogP contribution in [0.2, 0.25) is 0 Å². The summed E-state index contributed by atoms with van der Waals surface area (Å²) in [6.45, 7) is 7.88. The van der Waals surface area contributed by atoms with Gasteiger partial charge < -0.3 is 4.90 Å². The maximum Gasteiger partial charge on any atom is 0.274 e. The number of thiazole rings is 1. The highest BCUT2D eigenvalue weighted by molar-refractivity contribution is 7.15. The molecule has 2 atom stereocenters. The Kier molecular flexibility index (Phi) is 2.60. The van der Waals surface area contributed by atoms with Crippen LogP contribution < -0.4 is 0 Å². The molecule has 21 heavy (non-hydrogen) atoms. The summed E-state index contributed by atoms with van der Waals surface area (Å²) in [5.41, 5.74) is 1.20. The van der Waals surface area contributed by atoms with Gasteiger partial charge >= 0.3 is 0 Å². The second-order valence-corrected chi connectivity index (χ2v) is 8.74. The number of nitrogens with zero attached hydrogens (tertiary/aromatic N) is 3. The lowest BCUT2D eigenvalue weighted by atomic mass is 9.65. The van der Waals surface area contributed by atoms with Crippen LogP contribution in [0.3, 0.4) is 0 Å². The van der Waals surface area contributed by atoms with Crippen molar-refractivity contribution in [3.8, 4) is 0 Å². The molecule has 1 aliphatic heterocycles. The van der Waals surface area contributed by atoms with Crippen LogP contribution in [0.15, 0.2) is 17.8 Å². The molecule has 0 aromatic carbocycles. The van der Waals surface area contributed by atoms with Crippen molar-refractivity contribution >= 4 is 22.2 Å². The Hall–Kier alpha value is -1.36. The van der Waals surface area contributed by atoms with Gasteiger partial charge in [0.05, 0.1) is 0 Å². The Morgan fingerprint density at radius 1 is 1.38 bits per heavy atom. The molecule has 0 radical (unpaired) electrons. The van der Waals surface area contributed by atoms with Gasteiger partial charge in [-0.1, -0.05) is 20.8 Å². The molecule has 0 spiro atoms. The zero-order chi connectivity index (χ0) is 14.8. The molecule has 3 heterocycles. The number of amides is 1. The van der Waals surface area contributed by atoms with Gasteiger partial charge in [-0.15, -0.1) is 11.3 Å². The number of aromatic nitrogens is 2. The molecule has 2 aliphatic rings. The smallest absolute Gasteiger partial charge is 0.274 e. The van der Waals surface area contributed by atoms with Crippen LogP contribution in [-0.2, 0) is 0 Å². The van der Waals surface area contributed by atoms with Crippen molar-refractivity contribution < 1.29 is 4.79 Å². The molecule has 1 amide bonds. The quantitative estimate of drug-likeness (QED) is 0.809. The van der Waals surface area contributed by atoms with E-state index in [0.717, 1.165) is 24.3 Å². The van der Waals surface area contributed by atoms with Crippen molar-refractivity contribution in [2.45, 2.75) is 46.1 Å². The van der Waals surface area contributed by atoms with Gasteiger partial charge in [0, 0.05) is 30.4 Å². The van der Waals surface area contributed by atoms with Gasteiger partial charge in [0.25, 0.3) is 5.91 Å². The Labute approximate surface area is 128 Å². The maximum atomic E-state index is 12.9. The summed E-state index contributed by atoms with van der Waals surface area (Å²) >= 11 is 1.57. The summed E-state index contributed by atoms with van der Waals surface area (Å²) in [4.78, 5) is 20.3. The van der Waals surface area contributed by atoms with Crippen molar-refractivity contribution in [3.05, 3.63) is 23.5 Å². The second kappa shape index (κ2) is 4.09. The molecule has 1 aliphatic carbocycles. The monoisotopic (exact) mass is 303 g/mol. The van der Waals surface area contributed by atoms with Crippen LogP contribution in [-0.4, -0.2) is 32.8 Å². The van der Waals surface area contributed by atoms with Crippen LogP contribution in [0.4, 0.5) is 0 Å². The van der Waals surface area contributed by atoms with Crippen LogP contribution in [0.5, 0.6) is 0 Å². The van der Waals surface area contributed by atoms with E-state index in [9.17, 15) is 4.79 Å². The lowest BCUT2D eigenvalue weighted by molar-refractivity contribution is 0.0703. The number of fused-ring (bicyclic) bond motifs is 3. The molecule has 4 nitrogen and oxygen atoms in total. The zero-order valence-electron chi connectivity index (χ0n) is 12.8. The number of hydrogen-bond acceptors (Lipinski definition) is 3. The standard InChI is InChI=1S/C16H21N3OS/c1-15(2)6-11-7-16(3,9-15)10-19(11)13(20)12-8-18-4-5-21-14(18)17-12/h4-5,8,11H,6-7,9-10H2,1-3H3. The summed E-state index contributed by atoms with van der Waals surface area (Å²) in [5.74, 6) is 0.109. The summed E-state index contributed by atoms with van der Waals surface area (Å²) in [5, 5.41) is 1.99.